The first-order valence-electron chi connectivity index (χ1n) is 5.49. The van der Waals surface area contributed by atoms with Gasteiger partial charge in [-0.3, -0.25) is 10.1 Å². The molecule has 1 rings (SSSR count). The van der Waals surface area contributed by atoms with E-state index in [0.29, 0.717) is 12.5 Å². The number of nitro groups is 1. The fourth-order valence-electron chi connectivity index (χ4n) is 1.73. The minimum Gasteiger partial charge on any atom is -0.317 e. The van der Waals surface area contributed by atoms with Crippen molar-refractivity contribution in [3.8, 4) is 0 Å². The molecule has 4 heteroatoms. The lowest BCUT2D eigenvalue weighted by atomic mass is 10.0. The van der Waals surface area contributed by atoms with Crippen LogP contribution >= 0.6 is 0 Å². The minimum atomic E-state index is -0.301. The Kier molecular flexibility index (Phi) is 4.43. The second-order valence-corrected chi connectivity index (χ2v) is 3.99. The summed E-state index contributed by atoms with van der Waals surface area (Å²) < 4.78 is 0. The maximum atomic E-state index is 10.9. The third kappa shape index (κ3) is 3.03. The molecule has 0 aliphatic carbocycles. The normalized spacial score (nSPS) is 12.4. The molecule has 0 bridgehead atoms. The van der Waals surface area contributed by atoms with E-state index in [-0.39, 0.29) is 10.6 Å². The summed E-state index contributed by atoms with van der Waals surface area (Å²) in [6.45, 7) is 3.94. The third-order valence-electron chi connectivity index (χ3n) is 2.80. The van der Waals surface area contributed by atoms with Gasteiger partial charge in [0.2, 0.25) is 0 Å². The number of rotatable bonds is 5. The van der Waals surface area contributed by atoms with Crippen LogP contribution in [-0.2, 0) is 6.42 Å². The molecule has 0 radical (unpaired) electrons. The number of nitrogens with zero attached hydrogens (tertiary/aromatic N) is 1. The summed E-state index contributed by atoms with van der Waals surface area (Å²) in [7, 11) is 1.88. The molecule has 16 heavy (non-hydrogen) atoms. The van der Waals surface area contributed by atoms with Crippen LogP contribution in [0.25, 0.3) is 0 Å². The van der Waals surface area contributed by atoms with Crippen LogP contribution in [0, 0.1) is 17.0 Å². The Morgan fingerprint density at radius 3 is 2.69 bits per heavy atom. The van der Waals surface area contributed by atoms with Crippen LogP contribution in [0.3, 0.4) is 0 Å². The summed E-state index contributed by atoms with van der Waals surface area (Å²) in [4.78, 5) is 10.6. The van der Waals surface area contributed by atoms with Gasteiger partial charge in [0.15, 0.2) is 0 Å². The number of hydrogen-bond acceptors (Lipinski definition) is 3. The Morgan fingerprint density at radius 1 is 1.50 bits per heavy atom. The quantitative estimate of drug-likeness (QED) is 0.615. The van der Waals surface area contributed by atoms with Crippen molar-refractivity contribution in [3.63, 3.8) is 0 Å². The molecule has 1 aromatic carbocycles. The Labute approximate surface area is 95.8 Å². The summed E-state index contributed by atoms with van der Waals surface area (Å²) in [5.41, 5.74) is 1.96. The van der Waals surface area contributed by atoms with Gasteiger partial charge >= 0.3 is 0 Å². The maximum absolute atomic E-state index is 10.9. The van der Waals surface area contributed by atoms with E-state index in [1.54, 1.807) is 6.07 Å². The lowest BCUT2D eigenvalue weighted by molar-refractivity contribution is -0.385. The molecule has 0 fully saturated rings. The van der Waals surface area contributed by atoms with Crippen LogP contribution in [0.5, 0.6) is 0 Å². The van der Waals surface area contributed by atoms with E-state index in [9.17, 15) is 10.1 Å². The third-order valence-corrected chi connectivity index (χ3v) is 2.80. The highest BCUT2D eigenvalue weighted by Gasteiger charge is 2.16. The van der Waals surface area contributed by atoms with E-state index < -0.39 is 0 Å². The van der Waals surface area contributed by atoms with Crippen molar-refractivity contribution in [2.45, 2.75) is 32.7 Å². The minimum absolute atomic E-state index is 0.230. The van der Waals surface area contributed by atoms with Gasteiger partial charge in [-0.1, -0.05) is 19.1 Å². The molecular formula is C12H18N2O2. The van der Waals surface area contributed by atoms with E-state index in [1.165, 1.54) is 0 Å². The Bertz CT molecular complexity index is 373. The Balaban J connectivity index is 2.98. The predicted octanol–water partition coefficient (Wildman–Crippen LogP) is 2.44. The molecule has 88 valence electrons. The highest BCUT2D eigenvalue weighted by Crippen LogP contribution is 2.21. The number of hydrogen-bond donors (Lipinski definition) is 1. The maximum Gasteiger partial charge on any atom is 0.272 e. The van der Waals surface area contributed by atoms with Crippen molar-refractivity contribution in [1.29, 1.82) is 0 Å². The van der Waals surface area contributed by atoms with Gasteiger partial charge < -0.3 is 5.32 Å². The molecular weight excluding hydrogens is 204 g/mol. The zero-order valence-corrected chi connectivity index (χ0v) is 9.99. The average Bonchev–Trinajstić information content (AvgIpc) is 2.27. The molecule has 0 amide bonds. The predicted molar refractivity (Wildman–Crippen MR) is 64.7 cm³/mol. The van der Waals surface area contributed by atoms with Gasteiger partial charge in [-0.2, -0.15) is 0 Å². The van der Waals surface area contributed by atoms with Crippen molar-refractivity contribution in [3.05, 3.63) is 39.4 Å². The van der Waals surface area contributed by atoms with Gasteiger partial charge in [0.25, 0.3) is 5.69 Å². The molecule has 0 aliphatic rings. The molecule has 0 aliphatic heterocycles. The topological polar surface area (TPSA) is 55.2 Å². The number of aryl methyl sites for hydroxylation is 1. The van der Waals surface area contributed by atoms with Gasteiger partial charge in [0.05, 0.1) is 4.92 Å². The van der Waals surface area contributed by atoms with Crippen molar-refractivity contribution in [1.82, 2.24) is 5.32 Å². The number of benzene rings is 1. The van der Waals surface area contributed by atoms with Crippen LogP contribution in [0.4, 0.5) is 5.69 Å². The van der Waals surface area contributed by atoms with E-state index in [4.69, 9.17) is 0 Å². The highest BCUT2D eigenvalue weighted by atomic mass is 16.6. The summed E-state index contributed by atoms with van der Waals surface area (Å²) in [6, 6.07) is 5.71. The molecule has 0 saturated heterocycles. The monoisotopic (exact) mass is 222 g/mol. The van der Waals surface area contributed by atoms with E-state index in [0.717, 1.165) is 17.5 Å². The molecule has 0 spiro atoms. The van der Waals surface area contributed by atoms with Gasteiger partial charge in [-0.05, 0) is 32.4 Å². The van der Waals surface area contributed by atoms with Crippen molar-refractivity contribution in [2.24, 2.45) is 0 Å². The standard InChI is InChI=1S/C12H18N2O2/c1-4-11(13-3)8-10-6-5-9(2)7-12(10)14(15)16/h5-7,11,13H,4,8H2,1-3H3. The summed E-state index contributed by atoms with van der Waals surface area (Å²) >= 11 is 0. The van der Waals surface area contributed by atoms with Gasteiger partial charge in [0, 0.05) is 17.7 Å². The molecule has 1 unspecified atom stereocenters. The summed E-state index contributed by atoms with van der Waals surface area (Å²) in [5.74, 6) is 0. The summed E-state index contributed by atoms with van der Waals surface area (Å²) in [6.07, 6.45) is 1.66. The molecule has 0 aromatic heterocycles. The first-order valence-corrected chi connectivity index (χ1v) is 5.49. The Morgan fingerprint density at radius 2 is 2.19 bits per heavy atom. The zero-order chi connectivity index (χ0) is 12.1. The van der Waals surface area contributed by atoms with Gasteiger partial charge in [-0.25, -0.2) is 0 Å². The van der Waals surface area contributed by atoms with E-state index in [2.05, 4.69) is 12.2 Å². The molecule has 0 saturated carbocycles. The second-order valence-electron chi connectivity index (χ2n) is 3.99. The SMILES string of the molecule is CCC(Cc1ccc(C)cc1[N+](=O)[O-])NC. The highest BCUT2D eigenvalue weighted by molar-refractivity contribution is 5.43. The molecule has 1 N–H and O–H groups in total. The summed E-state index contributed by atoms with van der Waals surface area (Å²) in [5, 5.41) is 14.1. The lowest BCUT2D eigenvalue weighted by Crippen LogP contribution is -2.26. The fraction of sp³-hybridized carbons (Fsp3) is 0.500. The first-order chi connectivity index (χ1) is 7.58. The lowest BCUT2D eigenvalue weighted by Gasteiger charge is -2.13. The van der Waals surface area contributed by atoms with Crippen LogP contribution < -0.4 is 5.32 Å². The fourth-order valence-corrected chi connectivity index (χ4v) is 1.73. The average molecular weight is 222 g/mol. The number of nitro benzene ring substituents is 1. The van der Waals surface area contributed by atoms with Crippen LogP contribution in [0.15, 0.2) is 18.2 Å². The number of likely N-dealkylation sites (N-methyl/N-ethyl adjacent to an activating group) is 1. The van der Waals surface area contributed by atoms with Crippen LogP contribution in [-0.4, -0.2) is 18.0 Å². The van der Waals surface area contributed by atoms with Crippen molar-refractivity contribution in [2.75, 3.05) is 7.05 Å². The first kappa shape index (κ1) is 12.6. The van der Waals surface area contributed by atoms with Crippen molar-refractivity contribution >= 4 is 5.69 Å². The Hall–Kier alpha value is -1.42. The largest absolute Gasteiger partial charge is 0.317 e. The van der Waals surface area contributed by atoms with Crippen LogP contribution in [0.1, 0.15) is 24.5 Å². The smallest absolute Gasteiger partial charge is 0.272 e. The van der Waals surface area contributed by atoms with Gasteiger partial charge in [-0.15, -0.1) is 0 Å². The zero-order valence-electron chi connectivity index (χ0n) is 9.99. The van der Waals surface area contributed by atoms with E-state index in [1.807, 2.05) is 26.1 Å². The van der Waals surface area contributed by atoms with E-state index >= 15 is 0 Å². The van der Waals surface area contributed by atoms with Crippen molar-refractivity contribution < 1.29 is 4.92 Å². The second kappa shape index (κ2) is 5.61. The molecule has 0 heterocycles. The molecule has 4 nitrogen and oxygen atoms in total. The molecule has 1 aromatic rings. The van der Waals surface area contributed by atoms with Gasteiger partial charge in [0.1, 0.15) is 0 Å². The molecule has 1 atom stereocenters. The number of nitrogens with one attached hydrogen (secondary N) is 1. The van der Waals surface area contributed by atoms with Crippen LogP contribution in [0.2, 0.25) is 0 Å².